The van der Waals surface area contributed by atoms with Crippen LogP contribution in [0.5, 0.6) is 0 Å². The Morgan fingerprint density at radius 3 is 2.80 bits per heavy atom. The second-order valence-electron chi connectivity index (χ2n) is 4.86. The Morgan fingerprint density at radius 2 is 2.10 bits per heavy atom. The molecule has 1 atom stereocenters. The van der Waals surface area contributed by atoms with Crippen molar-refractivity contribution in [1.82, 2.24) is 4.90 Å². The standard InChI is InChI=1S/C14H18F2N2O.ClH/c15-12-6-3-4-10(14(12)16)8-13(19)18-7-2-1-5-11(18)9-17;/h3-4,6,11H,1-2,5,7-9,17H2;1H. The summed E-state index contributed by atoms with van der Waals surface area (Å²) in [5.74, 6) is -2.03. The van der Waals surface area contributed by atoms with E-state index in [9.17, 15) is 13.6 Å². The van der Waals surface area contributed by atoms with Crippen molar-refractivity contribution in [2.75, 3.05) is 13.1 Å². The van der Waals surface area contributed by atoms with Crippen molar-refractivity contribution in [3.63, 3.8) is 0 Å². The smallest absolute Gasteiger partial charge is 0.227 e. The van der Waals surface area contributed by atoms with E-state index in [-0.39, 0.29) is 36.3 Å². The van der Waals surface area contributed by atoms with Crippen LogP contribution < -0.4 is 5.73 Å². The number of benzene rings is 1. The molecule has 0 spiro atoms. The van der Waals surface area contributed by atoms with Crippen molar-refractivity contribution in [2.45, 2.75) is 31.7 Å². The van der Waals surface area contributed by atoms with Gasteiger partial charge in [-0.05, 0) is 25.3 Å². The van der Waals surface area contributed by atoms with Crippen LogP contribution in [-0.2, 0) is 11.2 Å². The Morgan fingerprint density at radius 1 is 1.35 bits per heavy atom. The summed E-state index contributed by atoms with van der Waals surface area (Å²) in [7, 11) is 0. The minimum Gasteiger partial charge on any atom is -0.338 e. The summed E-state index contributed by atoms with van der Waals surface area (Å²) in [6.07, 6.45) is 2.77. The Labute approximate surface area is 123 Å². The van der Waals surface area contributed by atoms with E-state index in [0.717, 1.165) is 25.3 Å². The molecule has 1 unspecified atom stereocenters. The third-order valence-corrected chi connectivity index (χ3v) is 3.59. The summed E-state index contributed by atoms with van der Waals surface area (Å²) >= 11 is 0. The van der Waals surface area contributed by atoms with Gasteiger partial charge in [0.25, 0.3) is 0 Å². The summed E-state index contributed by atoms with van der Waals surface area (Å²) in [4.78, 5) is 13.9. The Hall–Kier alpha value is -1.20. The first-order chi connectivity index (χ1) is 9.13. The molecule has 6 heteroatoms. The van der Waals surface area contributed by atoms with Crippen molar-refractivity contribution in [1.29, 1.82) is 0 Å². The fourth-order valence-electron chi connectivity index (χ4n) is 2.52. The van der Waals surface area contributed by atoms with Crippen LogP contribution in [0.25, 0.3) is 0 Å². The summed E-state index contributed by atoms with van der Waals surface area (Å²) in [5, 5.41) is 0. The molecule has 1 fully saturated rings. The summed E-state index contributed by atoms with van der Waals surface area (Å²) in [6, 6.07) is 3.93. The number of halogens is 3. The molecule has 0 bridgehead atoms. The summed E-state index contributed by atoms with van der Waals surface area (Å²) in [6.45, 7) is 1.06. The fourth-order valence-corrected chi connectivity index (χ4v) is 2.52. The molecule has 1 aliphatic rings. The SMILES string of the molecule is Cl.NCC1CCCCN1C(=O)Cc1cccc(F)c1F. The van der Waals surface area contributed by atoms with Gasteiger partial charge in [0, 0.05) is 24.7 Å². The summed E-state index contributed by atoms with van der Waals surface area (Å²) in [5.41, 5.74) is 5.75. The summed E-state index contributed by atoms with van der Waals surface area (Å²) < 4.78 is 26.6. The fraction of sp³-hybridized carbons (Fsp3) is 0.500. The number of hydrogen-bond donors (Lipinski definition) is 1. The van der Waals surface area contributed by atoms with Gasteiger partial charge in [-0.1, -0.05) is 12.1 Å². The molecule has 2 rings (SSSR count). The largest absolute Gasteiger partial charge is 0.338 e. The lowest BCUT2D eigenvalue weighted by atomic mass is 10.0. The predicted octanol–water partition coefficient (Wildman–Crippen LogP) is 2.27. The molecule has 2 N–H and O–H groups in total. The van der Waals surface area contributed by atoms with Crippen LogP contribution in [0.3, 0.4) is 0 Å². The van der Waals surface area contributed by atoms with Crippen LogP contribution in [0.4, 0.5) is 8.78 Å². The van der Waals surface area contributed by atoms with Crippen LogP contribution in [0, 0.1) is 11.6 Å². The number of rotatable bonds is 3. The number of carbonyl (C=O) groups is 1. The van der Waals surface area contributed by atoms with Gasteiger partial charge in [0.2, 0.25) is 5.91 Å². The van der Waals surface area contributed by atoms with Gasteiger partial charge in [0.1, 0.15) is 0 Å². The van der Waals surface area contributed by atoms with Gasteiger partial charge >= 0.3 is 0 Å². The third kappa shape index (κ3) is 3.67. The molecule has 3 nitrogen and oxygen atoms in total. The third-order valence-electron chi connectivity index (χ3n) is 3.59. The molecule has 0 radical (unpaired) electrons. The normalized spacial score (nSPS) is 18.6. The van der Waals surface area contributed by atoms with Gasteiger partial charge in [-0.15, -0.1) is 12.4 Å². The monoisotopic (exact) mass is 304 g/mol. The molecular formula is C14H19ClF2N2O. The molecule has 1 aliphatic heterocycles. The van der Waals surface area contributed by atoms with E-state index in [1.54, 1.807) is 4.90 Å². The quantitative estimate of drug-likeness (QED) is 0.931. The minimum absolute atomic E-state index is 0. The number of nitrogens with zero attached hydrogens (tertiary/aromatic N) is 1. The molecule has 0 aromatic heterocycles. The second-order valence-corrected chi connectivity index (χ2v) is 4.86. The van der Waals surface area contributed by atoms with Gasteiger partial charge in [-0.25, -0.2) is 8.78 Å². The predicted molar refractivity (Wildman–Crippen MR) is 75.7 cm³/mol. The highest BCUT2D eigenvalue weighted by molar-refractivity contribution is 5.85. The highest BCUT2D eigenvalue weighted by Crippen LogP contribution is 2.19. The highest BCUT2D eigenvalue weighted by Gasteiger charge is 2.26. The second kappa shape index (κ2) is 7.55. The van der Waals surface area contributed by atoms with E-state index >= 15 is 0 Å². The van der Waals surface area contributed by atoms with Crippen molar-refractivity contribution in [2.24, 2.45) is 5.73 Å². The van der Waals surface area contributed by atoms with Crippen LogP contribution in [0.15, 0.2) is 18.2 Å². The number of amides is 1. The molecule has 112 valence electrons. The average Bonchev–Trinajstić information content (AvgIpc) is 2.43. The number of piperidine rings is 1. The molecule has 1 heterocycles. The minimum atomic E-state index is -0.933. The Balaban J connectivity index is 0.00000200. The van der Waals surface area contributed by atoms with Crippen LogP contribution >= 0.6 is 12.4 Å². The zero-order chi connectivity index (χ0) is 13.8. The molecule has 0 saturated carbocycles. The maximum atomic E-state index is 13.5. The van der Waals surface area contributed by atoms with Crippen LogP contribution in [0.2, 0.25) is 0 Å². The van der Waals surface area contributed by atoms with Gasteiger partial charge < -0.3 is 10.6 Å². The maximum absolute atomic E-state index is 13.5. The molecule has 1 saturated heterocycles. The lowest BCUT2D eigenvalue weighted by molar-refractivity contribution is -0.133. The first-order valence-electron chi connectivity index (χ1n) is 6.56. The zero-order valence-electron chi connectivity index (χ0n) is 11.1. The number of likely N-dealkylation sites (tertiary alicyclic amines) is 1. The zero-order valence-corrected chi connectivity index (χ0v) is 12.0. The van der Waals surface area contributed by atoms with E-state index in [1.807, 2.05) is 0 Å². The van der Waals surface area contributed by atoms with Crippen LogP contribution in [-0.4, -0.2) is 29.9 Å². The van der Waals surface area contributed by atoms with E-state index < -0.39 is 11.6 Å². The maximum Gasteiger partial charge on any atom is 0.227 e. The van der Waals surface area contributed by atoms with E-state index in [4.69, 9.17) is 5.73 Å². The van der Waals surface area contributed by atoms with Gasteiger partial charge in [-0.3, -0.25) is 4.79 Å². The topological polar surface area (TPSA) is 46.3 Å². The number of hydrogen-bond acceptors (Lipinski definition) is 2. The first kappa shape index (κ1) is 16.9. The molecule has 1 amide bonds. The van der Waals surface area contributed by atoms with Crippen molar-refractivity contribution in [3.05, 3.63) is 35.4 Å². The van der Waals surface area contributed by atoms with Crippen molar-refractivity contribution in [3.8, 4) is 0 Å². The number of nitrogens with two attached hydrogens (primary N) is 1. The Bertz CT molecular complexity index is 470. The molecule has 0 aliphatic carbocycles. The lowest BCUT2D eigenvalue weighted by Gasteiger charge is -2.35. The van der Waals surface area contributed by atoms with E-state index in [2.05, 4.69) is 0 Å². The Kier molecular flexibility index (Phi) is 6.36. The first-order valence-corrected chi connectivity index (χ1v) is 6.56. The van der Waals surface area contributed by atoms with Crippen molar-refractivity contribution >= 4 is 18.3 Å². The van der Waals surface area contributed by atoms with E-state index in [0.29, 0.717) is 13.1 Å². The lowest BCUT2D eigenvalue weighted by Crippen LogP contribution is -2.48. The van der Waals surface area contributed by atoms with Crippen LogP contribution in [0.1, 0.15) is 24.8 Å². The molecule has 1 aromatic rings. The van der Waals surface area contributed by atoms with Gasteiger partial charge in [0.05, 0.1) is 6.42 Å². The average molecular weight is 305 g/mol. The van der Waals surface area contributed by atoms with E-state index in [1.165, 1.54) is 12.1 Å². The highest BCUT2D eigenvalue weighted by atomic mass is 35.5. The number of carbonyl (C=O) groups excluding carboxylic acids is 1. The van der Waals surface area contributed by atoms with Gasteiger partial charge in [-0.2, -0.15) is 0 Å². The van der Waals surface area contributed by atoms with Gasteiger partial charge in [0.15, 0.2) is 11.6 Å². The molecular weight excluding hydrogens is 286 g/mol. The van der Waals surface area contributed by atoms with Crippen molar-refractivity contribution < 1.29 is 13.6 Å². The molecule has 1 aromatic carbocycles. The molecule has 20 heavy (non-hydrogen) atoms.